The number of quaternary nitrogens is 1. The fourth-order valence-electron chi connectivity index (χ4n) is 1.14. The second-order valence-electron chi connectivity index (χ2n) is 3.45. The van der Waals surface area contributed by atoms with Gasteiger partial charge in [0.25, 0.3) is 5.56 Å². The maximum absolute atomic E-state index is 11.7. The molecule has 1 aromatic rings. The lowest BCUT2D eigenvalue weighted by Crippen LogP contribution is -2.51. The number of nitrogens with one attached hydrogen (secondary N) is 1. The van der Waals surface area contributed by atoms with Gasteiger partial charge in [-0.2, -0.15) is 5.26 Å². The largest absolute Gasteiger partial charge is 0.383 e. The number of anilines is 1. The number of carbonyl (C=O) groups excluding carboxylic acids is 1. The lowest BCUT2D eigenvalue weighted by molar-refractivity contribution is -0.309. The first-order valence-corrected chi connectivity index (χ1v) is 5.85. The zero-order chi connectivity index (χ0) is 13.7. The SMILES string of the molecule is C=C([NH3+])C(C#N)C(=O)CSc1nc(N)cc(=O)[nH]1. The number of nitriles is 1. The van der Waals surface area contributed by atoms with Crippen molar-refractivity contribution in [3.8, 4) is 6.07 Å². The van der Waals surface area contributed by atoms with Crippen LogP contribution in [0.2, 0.25) is 0 Å². The number of Topliss-reactive ketones (excluding diaryl/α,β-unsaturated/α-hetero) is 1. The Morgan fingerprint density at radius 3 is 2.94 bits per heavy atom. The molecule has 0 amide bonds. The van der Waals surface area contributed by atoms with Crippen molar-refractivity contribution in [1.82, 2.24) is 9.97 Å². The van der Waals surface area contributed by atoms with E-state index in [4.69, 9.17) is 11.0 Å². The molecule has 0 fully saturated rings. The first-order valence-electron chi connectivity index (χ1n) is 4.86. The molecule has 0 aliphatic carbocycles. The summed E-state index contributed by atoms with van der Waals surface area (Å²) in [6, 6.07) is 2.96. The average Bonchev–Trinajstić information content (AvgIpc) is 2.25. The first kappa shape index (κ1) is 14.0. The van der Waals surface area contributed by atoms with Gasteiger partial charge < -0.3 is 16.5 Å². The van der Waals surface area contributed by atoms with Crippen molar-refractivity contribution in [2.45, 2.75) is 5.16 Å². The Morgan fingerprint density at radius 1 is 1.78 bits per heavy atom. The van der Waals surface area contributed by atoms with E-state index in [-0.39, 0.29) is 28.2 Å². The monoisotopic (exact) mass is 266 g/mol. The highest BCUT2D eigenvalue weighted by molar-refractivity contribution is 7.99. The number of aromatic amines is 1. The Hall–Kier alpha value is -2.11. The van der Waals surface area contributed by atoms with Gasteiger partial charge in [-0.1, -0.05) is 11.8 Å². The predicted molar refractivity (Wildman–Crippen MR) is 66.1 cm³/mol. The molecule has 0 aromatic carbocycles. The van der Waals surface area contributed by atoms with Gasteiger partial charge in [0.1, 0.15) is 11.5 Å². The molecule has 1 unspecified atom stereocenters. The number of nitrogen functional groups attached to an aromatic ring is 1. The summed E-state index contributed by atoms with van der Waals surface area (Å²) < 4.78 is 0. The molecule has 0 aliphatic heterocycles. The minimum absolute atomic E-state index is 0.0147. The van der Waals surface area contributed by atoms with Gasteiger partial charge in [0, 0.05) is 6.07 Å². The van der Waals surface area contributed by atoms with Gasteiger partial charge in [0.05, 0.1) is 11.8 Å². The number of hydrogen-bond acceptors (Lipinski definition) is 6. The molecule has 7 nitrogen and oxygen atoms in total. The highest BCUT2D eigenvalue weighted by Gasteiger charge is 2.22. The molecule has 1 aromatic heterocycles. The molecule has 6 N–H and O–H groups in total. The van der Waals surface area contributed by atoms with E-state index in [0.717, 1.165) is 17.8 Å². The van der Waals surface area contributed by atoms with Gasteiger partial charge in [0.2, 0.25) is 0 Å². The van der Waals surface area contributed by atoms with Crippen LogP contribution in [0.5, 0.6) is 0 Å². The maximum Gasteiger partial charge on any atom is 0.253 e. The van der Waals surface area contributed by atoms with E-state index in [1.807, 2.05) is 6.07 Å². The van der Waals surface area contributed by atoms with Crippen molar-refractivity contribution < 1.29 is 10.5 Å². The fraction of sp³-hybridized carbons (Fsp3) is 0.200. The number of nitrogens with zero attached hydrogens (tertiary/aromatic N) is 2. The van der Waals surface area contributed by atoms with Crippen molar-refractivity contribution >= 4 is 23.4 Å². The van der Waals surface area contributed by atoms with Crippen molar-refractivity contribution in [3.05, 3.63) is 28.7 Å². The highest BCUT2D eigenvalue weighted by Crippen LogP contribution is 2.15. The second kappa shape index (κ2) is 6.00. The summed E-state index contributed by atoms with van der Waals surface area (Å²) in [4.78, 5) is 29.0. The van der Waals surface area contributed by atoms with Crippen LogP contribution in [-0.4, -0.2) is 21.5 Å². The lowest BCUT2D eigenvalue weighted by Gasteiger charge is -2.04. The minimum Gasteiger partial charge on any atom is -0.383 e. The van der Waals surface area contributed by atoms with Crippen molar-refractivity contribution in [1.29, 1.82) is 5.26 Å². The van der Waals surface area contributed by atoms with Crippen LogP contribution in [0.4, 0.5) is 5.82 Å². The predicted octanol–water partition coefficient (Wildman–Crippen LogP) is -1.09. The first-order chi connectivity index (χ1) is 8.43. The number of nitrogens with two attached hydrogens (primary N) is 1. The van der Waals surface area contributed by atoms with Crippen LogP contribution < -0.4 is 17.0 Å². The van der Waals surface area contributed by atoms with E-state index in [1.165, 1.54) is 0 Å². The molecule has 0 saturated heterocycles. The number of H-pyrrole nitrogens is 1. The number of carbonyl (C=O) groups is 1. The van der Waals surface area contributed by atoms with Crippen LogP contribution in [-0.2, 0) is 4.79 Å². The summed E-state index contributed by atoms with van der Waals surface area (Å²) in [5, 5.41) is 9.01. The van der Waals surface area contributed by atoms with Crippen LogP contribution in [0.3, 0.4) is 0 Å². The topological polar surface area (TPSA) is 140 Å². The minimum atomic E-state index is -0.940. The van der Waals surface area contributed by atoms with Crippen molar-refractivity contribution in [3.63, 3.8) is 0 Å². The molecule has 18 heavy (non-hydrogen) atoms. The molecule has 0 spiro atoms. The average molecular weight is 266 g/mol. The van der Waals surface area contributed by atoms with Gasteiger partial charge >= 0.3 is 0 Å². The molecule has 1 atom stereocenters. The smallest absolute Gasteiger partial charge is 0.253 e. The zero-order valence-corrected chi connectivity index (χ0v) is 10.3. The molecule has 0 saturated carbocycles. The normalized spacial score (nSPS) is 11.6. The van der Waals surface area contributed by atoms with Crippen LogP contribution in [0.15, 0.2) is 28.3 Å². The lowest BCUT2D eigenvalue weighted by atomic mass is 10.1. The third-order valence-electron chi connectivity index (χ3n) is 1.95. The van der Waals surface area contributed by atoms with Gasteiger partial charge in [-0.3, -0.25) is 9.59 Å². The molecule has 1 heterocycles. The van der Waals surface area contributed by atoms with Gasteiger partial charge in [-0.05, 0) is 6.58 Å². The second-order valence-corrected chi connectivity index (χ2v) is 4.41. The molecule has 0 radical (unpaired) electrons. The zero-order valence-electron chi connectivity index (χ0n) is 9.47. The summed E-state index contributed by atoms with van der Waals surface area (Å²) in [6.45, 7) is 3.47. The molecular weight excluding hydrogens is 254 g/mol. The van der Waals surface area contributed by atoms with Gasteiger partial charge in [-0.15, -0.1) is 0 Å². The number of allylic oxidation sites excluding steroid dienone is 1. The molecule has 0 bridgehead atoms. The van der Waals surface area contributed by atoms with Crippen LogP contribution >= 0.6 is 11.8 Å². The Balaban J connectivity index is 2.71. The maximum atomic E-state index is 11.7. The van der Waals surface area contributed by atoms with Crippen LogP contribution in [0, 0.1) is 17.2 Å². The third kappa shape index (κ3) is 3.73. The number of hydrogen-bond donors (Lipinski definition) is 3. The summed E-state index contributed by atoms with van der Waals surface area (Å²) in [7, 11) is 0. The number of rotatable bonds is 5. The molecule has 1 rings (SSSR count). The standard InChI is InChI=1S/C10H11N5O2S/c1-5(12)6(3-11)7(16)4-18-10-14-8(13)2-9(17)15-10/h2,6H,1,4,12H2,(H3,13,14,15,17)/p+1. The van der Waals surface area contributed by atoms with E-state index in [9.17, 15) is 9.59 Å². The van der Waals surface area contributed by atoms with E-state index >= 15 is 0 Å². The quantitative estimate of drug-likeness (QED) is 0.457. The summed E-state index contributed by atoms with van der Waals surface area (Å²) in [6.07, 6.45) is 0. The van der Waals surface area contributed by atoms with E-state index in [0.29, 0.717) is 0 Å². The Kier molecular flexibility index (Phi) is 4.65. The van der Waals surface area contributed by atoms with Gasteiger partial charge in [0.15, 0.2) is 16.9 Å². The summed E-state index contributed by atoms with van der Waals surface area (Å²) >= 11 is 1.00. The summed E-state index contributed by atoms with van der Waals surface area (Å²) in [5.41, 5.74) is 8.72. The van der Waals surface area contributed by atoms with Gasteiger partial charge in [-0.25, -0.2) is 4.98 Å². The Labute approximate surface area is 107 Å². The van der Waals surface area contributed by atoms with Crippen LogP contribution in [0.1, 0.15) is 0 Å². The molecule has 8 heteroatoms. The number of ketones is 1. The number of aromatic nitrogens is 2. The highest BCUT2D eigenvalue weighted by atomic mass is 32.2. The van der Waals surface area contributed by atoms with E-state index < -0.39 is 11.5 Å². The van der Waals surface area contributed by atoms with Crippen molar-refractivity contribution in [2.24, 2.45) is 5.92 Å². The fourth-order valence-corrected chi connectivity index (χ4v) is 1.92. The molecule has 0 aliphatic rings. The Bertz CT molecular complexity index is 574. The van der Waals surface area contributed by atoms with E-state index in [1.54, 1.807) is 0 Å². The van der Waals surface area contributed by atoms with Crippen molar-refractivity contribution in [2.75, 3.05) is 11.5 Å². The summed E-state index contributed by atoms with van der Waals surface area (Å²) in [5.74, 6) is -1.22. The number of thioether (sulfide) groups is 1. The molecule has 94 valence electrons. The Morgan fingerprint density at radius 2 is 2.44 bits per heavy atom. The van der Waals surface area contributed by atoms with E-state index in [2.05, 4.69) is 22.3 Å². The van der Waals surface area contributed by atoms with Crippen LogP contribution in [0.25, 0.3) is 0 Å². The third-order valence-corrected chi connectivity index (χ3v) is 2.85. The molecular formula is C10H12N5O2S+.